The minimum absolute atomic E-state index is 0.291. The second kappa shape index (κ2) is 4.45. The van der Waals surface area contributed by atoms with Gasteiger partial charge in [0.15, 0.2) is 5.69 Å². The van der Waals surface area contributed by atoms with Crippen molar-refractivity contribution in [3.63, 3.8) is 0 Å². The molecule has 0 radical (unpaired) electrons. The summed E-state index contributed by atoms with van der Waals surface area (Å²) in [7, 11) is 0. The Labute approximate surface area is 103 Å². The summed E-state index contributed by atoms with van der Waals surface area (Å²) in [5.74, 6) is -2.53. The van der Waals surface area contributed by atoms with Crippen LogP contribution in [0.5, 0.6) is 0 Å². The number of halogens is 5. The first-order valence-electron chi connectivity index (χ1n) is 4.94. The fourth-order valence-corrected chi connectivity index (χ4v) is 1.45. The lowest BCUT2D eigenvalue weighted by Crippen LogP contribution is -2.11. The van der Waals surface area contributed by atoms with Crippen LogP contribution >= 0.6 is 0 Å². The van der Waals surface area contributed by atoms with Gasteiger partial charge in [0.25, 0.3) is 0 Å². The highest BCUT2D eigenvalue weighted by Crippen LogP contribution is 2.31. The van der Waals surface area contributed by atoms with E-state index in [1.807, 2.05) is 0 Å². The highest BCUT2D eigenvalue weighted by molar-refractivity contribution is 5.61. The quantitative estimate of drug-likeness (QED) is 0.814. The molecule has 1 aromatic carbocycles. The second-order valence-electron chi connectivity index (χ2n) is 3.62. The maximum atomic E-state index is 13.5. The van der Waals surface area contributed by atoms with Gasteiger partial charge in [0, 0.05) is 11.6 Å². The minimum atomic E-state index is -4.73. The summed E-state index contributed by atoms with van der Waals surface area (Å²) in [6.45, 7) is 0. The molecule has 0 spiro atoms. The number of hydrogen-bond acceptors (Lipinski definition) is 3. The zero-order chi connectivity index (χ0) is 14.2. The Morgan fingerprint density at radius 2 is 1.68 bits per heavy atom. The van der Waals surface area contributed by atoms with Gasteiger partial charge in [-0.3, -0.25) is 0 Å². The van der Waals surface area contributed by atoms with E-state index in [0.29, 0.717) is 12.1 Å². The molecule has 0 aliphatic heterocycles. The number of aromatic nitrogens is 2. The highest BCUT2D eigenvalue weighted by Gasteiger charge is 2.33. The summed E-state index contributed by atoms with van der Waals surface area (Å²) in [6.07, 6.45) is -4.73. The van der Waals surface area contributed by atoms with Crippen molar-refractivity contribution in [3.05, 3.63) is 41.6 Å². The number of hydrogen-bond donors (Lipinski definition) is 1. The van der Waals surface area contributed by atoms with Crippen LogP contribution in [0, 0.1) is 11.6 Å². The van der Waals surface area contributed by atoms with Crippen LogP contribution in [0.3, 0.4) is 0 Å². The molecule has 0 aliphatic carbocycles. The first kappa shape index (κ1) is 13.2. The van der Waals surface area contributed by atoms with Gasteiger partial charge in [-0.1, -0.05) is 0 Å². The molecule has 1 heterocycles. The number of nitrogens with two attached hydrogens (primary N) is 1. The normalized spacial score (nSPS) is 11.6. The van der Waals surface area contributed by atoms with Crippen LogP contribution in [0.15, 0.2) is 24.3 Å². The molecular weight excluding hydrogens is 269 g/mol. The standard InChI is InChI=1S/C11H6F5N3/c12-5-1-2-6(7(13)3-5)8-4-9(11(14,15)16)19-10(17)18-8/h1-4H,(H2,17,18,19). The number of nitrogens with zero attached hydrogens (tertiary/aromatic N) is 2. The SMILES string of the molecule is Nc1nc(-c2ccc(F)cc2F)cc(C(F)(F)F)n1. The molecule has 0 unspecified atom stereocenters. The van der Waals surface area contributed by atoms with Gasteiger partial charge in [-0.05, 0) is 18.2 Å². The molecule has 0 fully saturated rings. The van der Waals surface area contributed by atoms with E-state index in [2.05, 4.69) is 9.97 Å². The topological polar surface area (TPSA) is 51.8 Å². The van der Waals surface area contributed by atoms with Crippen LogP contribution < -0.4 is 5.73 Å². The smallest absolute Gasteiger partial charge is 0.368 e. The van der Waals surface area contributed by atoms with E-state index < -0.39 is 29.5 Å². The third-order valence-electron chi connectivity index (χ3n) is 2.24. The van der Waals surface area contributed by atoms with Crippen molar-refractivity contribution < 1.29 is 22.0 Å². The first-order valence-corrected chi connectivity index (χ1v) is 4.94. The minimum Gasteiger partial charge on any atom is -0.368 e. The average Bonchev–Trinajstić information content (AvgIpc) is 2.26. The van der Waals surface area contributed by atoms with E-state index in [9.17, 15) is 22.0 Å². The molecule has 2 N–H and O–H groups in total. The molecule has 2 rings (SSSR count). The summed E-state index contributed by atoms with van der Waals surface area (Å²) < 4.78 is 63.8. The summed E-state index contributed by atoms with van der Waals surface area (Å²) in [6, 6.07) is 2.98. The van der Waals surface area contributed by atoms with Crippen LogP contribution in [0.2, 0.25) is 0 Å². The Bertz CT molecular complexity index is 624. The van der Waals surface area contributed by atoms with Gasteiger partial charge in [0.1, 0.15) is 11.6 Å². The third kappa shape index (κ3) is 2.78. The first-order chi connectivity index (χ1) is 8.77. The predicted molar refractivity (Wildman–Crippen MR) is 56.8 cm³/mol. The van der Waals surface area contributed by atoms with Gasteiger partial charge < -0.3 is 5.73 Å². The number of rotatable bonds is 1. The molecule has 0 saturated heterocycles. The van der Waals surface area contributed by atoms with Crippen molar-refractivity contribution in [3.8, 4) is 11.3 Å². The van der Waals surface area contributed by atoms with Crippen LogP contribution in [0.4, 0.5) is 27.9 Å². The summed E-state index contributed by atoms with van der Waals surface area (Å²) in [5.41, 5.74) is 3.21. The fraction of sp³-hybridized carbons (Fsp3) is 0.0909. The van der Waals surface area contributed by atoms with Crippen LogP contribution in [-0.2, 0) is 6.18 Å². The van der Waals surface area contributed by atoms with Crippen molar-refractivity contribution in [2.75, 3.05) is 5.73 Å². The van der Waals surface area contributed by atoms with E-state index >= 15 is 0 Å². The van der Waals surface area contributed by atoms with Crippen LogP contribution in [0.25, 0.3) is 11.3 Å². The maximum absolute atomic E-state index is 13.5. The Morgan fingerprint density at radius 3 is 2.26 bits per heavy atom. The maximum Gasteiger partial charge on any atom is 0.433 e. The van der Waals surface area contributed by atoms with Gasteiger partial charge in [0.2, 0.25) is 5.95 Å². The molecule has 0 aliphatic rings. The van der Waals surface area contributed by atoms with Crippen LogP contribution in [-0.4, -0.2) is 9.97 Å². The van der Waals surface area contributed by atoms with Gasteiger partial charge in [-0.15, -0.1) is 0 Å². The lowest BCUT2D eigenvalue weighted by molar-refractivity contribution is -0.141. The molecule has 0 atom stereocenters. The number of alkyl halides is 3. The zero-order valence-electron chi connectivity index (χ0n) is 9.17. The predicted octanol–water partition coefficient (Wildman–Crippen LogP) is 3.02. The van der Waals surface area contributed by atoms with Crippen molar-refractivity contribution >= 4 is 5.95 Å². The lowest BCUT2D eigenvalue weighted by atomic mass is 10.1. The summed E-state index contributed by atoms with van der Waals surface area (Å²) >= 11 is 0. The molecule has 8 heteroatoms. The van der Waals surface area contributed by atoms with E-state index in [0.717, 1.165) is 12.1 Å². The highest BCUT2D eigenvalue weighted by atomic mass is 19.4. The van der Waals surface area contributed by atoms with Gasteiger partial charge >= 0.3 is 6.18 Å². The number of anilines is 1. The Kier molecular flexibility index (Phi) is 3.09. The molecule has 3 nitrogen and oxygen atoms in total. The number of benzene rings is 1. The third-order valence-corrected chi connectivity index (χ3v) is 2.24. The molecule has 2 aromatic rings. The van der Waals surface area contributed by atoms with Gasteiger partial charge in [-0.2, -0.15) is 13.2 Å². The molecule has 19 heavy (non-hydrogen) atoms. The summed E-state index contributed by atoms with van der Waals surface area (Å²) in [4.78, 5) is 6.54. The average molecular weight is 275 g/mol. The summed E-state index contributed by atoms with van der Waals surface area (Å²) in [5, 5.41) is 0. The largest absolute Gasteiger partial charge is 0.433 e. The van der Waals surface area contributed by atoms with Crippen molar-refractivity contribution in [2.45, 2.75) is 6.18 Å². The van der Waals surface area contributed by atoms with Gasteiger partial charge in [0.05, 0.1) is 5.69 Å². The lowest BCUT2D eigenvalue weighted by Gasteiger charge is -2.09. The molecule has 0 bridgehead atoms. The van der Waals surface area contributed by atoms with E-state index in [4.69, 9.17) is 5.73 Å². The molecular formula is C11H6F5N3. The Hall–Kier alpha value is -2.25. The van der Waals surface area contributed by atoms with Crippen molar-refractivity contribution in [2.24, 2.45) is 0 Å². The fourth-order valence-electron chi connectivity index (χ4n) is 1.45. The van der Waals surface area contributed by atoms with E-state index in [1.54, 1.807) is 0 Å². The van der Waals surface area contributed by atoms with Crippen molar-refractivity contribution in [1.29, 1.82) is 0 Å². The zero-order valence-corrected chi connectivity index (χ0v) is 9.17. The monoisotopic (exact) mass is 275 g/mol. The molecule has 0 amide bonds. The van der Waals surface area contributed by atoms with Crippen LogP contribution in [0.1, 0.15) is 5.69 Å². The van der Waals surface area contributed by atoms with Gasteiger partial charge in [-0.25, -0.2) is 18.7 Å². The Morgan fingerprint density at radius 1 is 1.00 bits per heavy atom. The van der Waals surface area contributed by atoms with E-state index in [-0.39, 0.29) is 11.3 Å². The number of nitrogen functional groups attached to an aromatic ring is 1. The second-order valence-corrected chi connectivity index (χ2v) is 3.62. The Balaban J connectivity index is 2.59. The van der Waals surface area contributed by atoms with Crippen molar-refractivity contribution in [1.82, 2.24) is 9.97 Å². The molecule has 0 saturated carbocycles. The molecule has 1 aromatic heterocycles. The molecule has 100 valence electrons. The van der Waals surface area contributed by atoms with E-state index in [1.165, 1.54) is 0 Å².